The summed E-state index contributed by atoms with van der Waals surface area (Å²) < 4.78 is 107. The third kappa shape index (κ3) is 7.18. The standard InChI is InChI=1S/C63H46N6O.Pt/c1-63(2,3)44-33-35-64-60(36-44)69-59-40-48(31-32-51(59)52-26-17-34-65-62(52)69)70-47-23-16-22-45(37-47)66-41-67(58-30-15-14-29-57(58)66)61-53(42-18-6-4-7-19-42)38-46(39-54(61)43-20-8-5-9-21-43)68-55-27-12-10-24-49(55)50-25-11-13-28-56(50)68;/h4-40H,1-3H3;/i4D,5D,6D,7D,8D,9D,18D,19D,20D,21D;. The Morgan fingerprint density at radius 3 is 1.72 bits per heavy atom. The Balaban J connectivity index is 1.07. The summed E-state index contributed by atoms with van der Waals surface area (Å²) in [4.78, 5) is 9.64. The molecule has 0 aliphatic carbocycles. The molecule has 0 N–H and O–H groups in total. The van der Waals surface area contributed by atoms with Gasteiger partial charge in [-0.2, -0.15) is 0 Å². The van der Waals surface area contributed by atoms with Crippen LogP contribution in [0, 0.1) is 3.80 Å². The fourth-order valence-corrected chi connectivity index (χ4v) is 11.0. The average Bonchev–Trinajstić information content (AvgIpc) is 3.57. The third-order valence-corrected chi connectivity index (χ3v) is 14.1. The van der Waals surface area contributed by atoms with Crippen molar-refractivity contribution in [3.63, 3.8) is 0 Å². The molecule has 0 amide bonds. The van der Waals surface area contributed by atoms with E-state index in [9.17, 15) is 5.48 Å². The maximum atomic E-state index is 9.55. The average molecular weight is 1110 g/mol. The van der Waals surface area contributed by atoms with Crippen LogP contribution in [0.25, 0.3) is 99.9 Å². The molecule has 344 valence electrons. The molecule has 0 radical (unpaired) electrons. The number of rotatable bonds is 8. The molecule has 0 spiro atoms. The van der Waals surface area contributed by atoms with Crippen molar-refractivity contribution in [1.29, 1.82) is 0 Å². The summed E-state index contributed by atoms with van der Waals surface area (Å²) in [5, 5.41) is 3.79. The first-order chi connectivity index (χ1) is 38.9. The van der Waals surface area contributed by atoms with E-state index in [1.807, 2.05) is 147 Å². The van der Waals surface area contributed by atoms with Gasteiger partial charge in [0.15, 0.2) is 0 Å². The summed E-state index contributed by atoms with van der Waals surface area (Å²) >= 11 is 2.20. The molecule has 0 fully saturated rings. The van der Waals surface area contributed by atoms with Gasteiger partial charge < -0.3 is 0 Å². The van der Waals surface area contributed by atoms with Gasteiger partial charge in [-0.05, 0) is 23.1 Å². The normalized spacial score (nSPS) is 13.9. The molecule has 71 heavy (non-hydrogen) atoms. The zero-order valence-corrected chi connectivity index (χ0v) is 40.8. The summed E-state index contributed by atoms with van der Waals surface area (Å²) in [5.74, 6) is 1.80. The van der Waals surface area contributed by atoms with Crippen LogP contribution < -0.4 is 4.74 Å². The summed E-state index contributed by atoms with van der Waals surface area (Å²) in [6.07, 6.45) is 3.60. The van der Waals surface area contributed by atoms with Crippen molar-refractivity contribution in [3.8, 4) is 56.6 Å². The number of pyridine rings is 2. The van der Waals surface area contributed by atoms with Crippen LogP contribution in [0.15, 0.2) is 224 Å². The molecule has 0 unspecified atom stereocenters. The summed E-state index contributed by atoms with van der Waals surface area (Å²) in [7, 11) is 0. The van der Waals surface area contributed by atoms with Crippen molar-refractivity contribution in [2.24, 2.45) is 0 Å². The van der Waals surface area contributed by atoms with Gasteiger partial charge in [0.05, 0.1) is 0 Å². The number of aromatic nitrogens is 6. The van der Waals surface area contributed by atoms with Crippen LogP contribution in [-0.4, -0.2) is 28.2 Å². The number of hydrogen-bond donors (Lipinski definition) is 0. The van der Waals surface area contributed by atoms with Gasteiger partial charge in [-0.3, -0.25) is 0 Å². The second kappa shape index (κ2) is 16.9. The predicted octanol–water partition coefficient (Wildman–Crippen LogP) is 15.9. The summed E-state index contributed by atoms with van der Waals surface area (Å²) in [6.45, 7) is 6.51. The van der Waals surface area contributed by atoms with Crippen molar-refractivity contribution in [2.45, 2.75) is 26.2 Å². The Labute approximate surface area is 435 Å². The molecule has 0 atom stereocenters. The Kier molecular flexibility index (Phi) is 7.92. The molecule has 0 saturated heterocycles. The third-order valence-electron chi connectivity index (χ3n) is 13.1. The van der Waals surface area contributed by atoms with E-state index in [1.54, 1.807) is 18.3 Å². The van der Waals surface area contributed by atoms with Gasteiger partial charge in [0, 0.05) is 12.4 Å². The predicted molar refractivity (Wildman–Crippen MR) is 286 cm³/mol. The van der Waals surface area contributed by atoms with E-state index in [2.05, 4.69) is 56.8 Å². The molecular formula is C63H46N6OPt. The number of benzene rings is 8. The fraction of sp³-hybridized carbons (Fsp3) is 0.0635. The number of para-hydroxylation sites is 4. The second-order valence-corrected chi connectivity index (χ2v) is 19.3. The molecule has 8 aromatic carbocycles. The van der Waals surface area contributed by atoms with Crippen LogP contribution in [-0.2, 0) is 24.8 Å². The minimum atomic E-state index is -0.581. The molecule has 0 aliphatic heterocycles. The van der Waals surface area contributed by atoms with E-state index in [1.165, 1.54) is 0 Å². The van der Waals surface area contributed by atoms with Gasteiger partial charge in [0.1, 0.15) is 0 Å². The van der Waals surface area contributed by atoms with E-state index >= 15 is 0 Å². The fourth-order valence-electron chi connectivity index (χ4n) is 9.86. The Morgan fingerprint density at radius 1 is 0.465 bits per heavy atom. The Bertz CT molecular complexity index is 4700. The van der Waals surface area contributed by atoms with Gasteiger partial charge in [-0.15, -0.1) is 0 Å². The van der Waals surface area contributed by atoms with Crippen molar-refractivity contribution >= 4 is 54.8 Å². The van der Waals surface area contributed by atoms with Crippen molar-refractivity contribution < 1.29 is 37.8 Å². The first-order valence-corrected chi connectivity index (χ1v) is 24.2. The number of ether oxygens (including phenoxy) is 1. The van der Waals surface area contributed by atoms with Crippen LogP contribution in [0.4, 0.5) is 0 Å². The van der Waals surface area contributed by atoms with Gasteiger partial charge in [-0.1, -0.05) is 20.8 Å². The topological polar surface area (TPSA) is 54.7 Å². The quantitative estimate of drug-likeness (QED) is 0.152. The molecule has 13 rings (SSSR count). The van der Waals surface area contributed by atoms with Gasteiger partial charge in [0.2, 0.25) is 0 Å². The van der Waals surface area contributed by atoms with Crippen LogP contribution in [0.2, 0.25) is 0 Å². The van der Waals surface area contributed by atoms with Crippen LogP contribution >= 0.6 is 0 Å². The molecule has 7 nitrogen and oxygen atoms in total. The number of nitrogens with zero attached hydrogens (tertiary/aromatic N) is 6. The van der Waals surface area contributed by atoms with E-state index < -0.39 is 60.4 Å². The van der Waals surface area contributed by atoms with Crippen LogP contribution in [0.1, 0.15) is 40.0 Å². The van der Waals surface area contributed by atoms with Crippen LogP contribution in [0.3, 0.4) is 0 Å². The zero-order chi connectivity index (χ0) is 56.5. The molecule has 13 aromatic rings. The van der Waals surface area contributed by atoms with E-state index in [4.69, 9.17) is 22.9 Å². The van der Waals surface area contributed by atoms with E-state index in [0.717, 1.165) is 55.1 Å². The Hall–Kier alpha value is -8.38. The van der Waals surface area contributed by atoms with Gasteiger partial charge in [-0.25, -0.2) is 0 Å². The Morgan fingerprint density at radius 2 is 1.06 bits per heavy atom. The molecule has 0 saturated carbocycles. The van der Waals surface area contributed by atoms with Crippen molar-refractivity contribution in [3.05, 3.63) is 234 Å². The molecule has 5 aromatic heterocycles. The number of imidazole rings is 1. The molecular weight excluding hydrogens is 1050 g/mol. The molecule has 0 aliphatic rings. The van der Waals surface area contributed by atoms with Gasteiger partial charge in [0.25, 0.3) is 0 Å². The first-order valence-electron chi connectivity index (χ1n) is 28.1. The zero-order valence-electron chi connectivity index (χ0n) is 48.5. The second-order valence-electron chi connectivity index (χ2n) is 18.3. The number of fused-ring (bicyclic) bond motifs is 7. The summed E-state index contributed by atoms with van der Waals surface area (Å²) in [5.41, 5.74) is 6.83. The summed E-state index contributed by atoms with van der Waals surface area (Å²) in [6, 6.07) is 43.1. The monoisotopic (exact) mass is 1110 g/mol. The minimum absolute atomic E-state index is 0.121. The first kappa shape index (κ1) is 33.2. The van der Waals surface area contributed by atoms with E-state index in [-0.39, 0.29) is 33.4 Å². The van der Waals surface area contributed by atoms with Gasteiger partial charge >= 0.3 is 381 Å². The molecule has 8 heteroatoms. The molecule has 5 heterocycles. The SMILES string of the molecule is [2H]c1c([2H])c([2H])c(-c2cc(-n3c4ccccc4c4ccccc43)cc(-c3c([2H])c([2H])c([2H])c([2H])c3[2H])c2-n2[c](=[Pt])n(-c3cccc(Oc4ccc5c6cccnc6n(-c6cc(C(C)(C)C)ccn6)c5c4)c3)c3ccccc32)c([2H])c1[2H]. The maximum absolute atomic E-state index is 9.55. The molecule has 0 bridgehead atoms. The van der Waals surface area contributed by atoms with Crippen molar-refractivity contribution in [1.82, 2.24) is 28.2 Å². The number of hydrogen-bond acceptors (Lipinski definition) is 3. The van der Waals surface area contributed by atoms with Crippen LogP contribution in [0.5, 0.6) is 11.5 Å². The van der Waals surface area contributed by atoms with E-state index in [0.29, 0.717) is 37.7 Å². The van der Waals surface area contributed by atoms with Crippen molar-refractivity contribution in [2.75, 3.05) is 0 Å².